The Kier molecular flexibility index (Phi) is 7.13. The molecular weight excluding hydrogens is 414 g/mol. The van der Waals surface area contributed by atoms with Crippen LogP contribution in [0.2, 0.25) is 5.02 Å². The fourth-order valence-electron chi connectivity index (χ4n) is 2.98. The minimum absolute atomic E-state index is 0.0934. The van der Waals surface area contributed by atoms with Gasteiger partial charge < -0.3 is 15.0 Å². The van der Waals surface area contributed by atoms with E-state index >= 15 is 0 Å². The molecule has 1 aliphatic rings. The lowest BCUT2D eigenvalue weighted by atomic mass is 10.2. The Balaban J connectivity index is 1.52. The molecule has 9 heteroatoms. The second-order valence-corrected chi connectivity index (χ2v) is 9.24. The molecule has 0 spiro atoms. The number of rotatable bonds is 7. The molecule has 0 radical (unpaired) electrons. The minimum Gasteiger partial charge on any atom is -0.378 e. The first-order chi connectivity index (χ1) is 13.9. The zero-order chi connectivity index (χ0) is 20.9. The largest absolute Gasteiger partial charge is 0.378 e. The molecular formula is C20H24ClN3O4S. The highest BCUT2D eigenvalue weighted by atomic mass is 35.5. The number of halogens is 1. The molecule has 0 unspecified atom stereocenters. The molecule has 1 saturated heterocycles. The molecule has 1 aliphatic heterocycles. The molecule has 7 nitrogen and oxygen atoms in total. The summed E-state index contributed by atoms with van der Waals surface area (Å²) in [7, 11) is -2.38. The van der Waals surface area contributed by atoms with Crippen LogP contribution in [0.3, 0.4) is 0 Å². The van der Waals surface area contributed by atoms with Crippen LogP contribution >= 0.6 is 11.6 Å². The van der Waals surface area contributed by atoms with E-state index in [1.807, 2.05) is 24.3 Å². The maximum atomic E-state index is 12.5. The minimum atomic E-state index is -3.75. The quantitative estimate of drug-likeness (QED) is 0.717. The molecule has 2 aromatic carbocycles. The van der Waals surface area contributed by atoms with Gasteiger partial charge in [0.1, 0.15) is 0 Å². The van der Waals surface area contributed by atoms with Crippen molar-refractivity contribution in [2.45, 2.75) is 11.4 Å². The van der Waals surface area contributed by atoms with Crippen molar-refractivity contribution in [3.8, 4) is 0 Å². The number of carbonyl (C=O) groups excluding carboxylic acids is 1. The highest BCUT2D eigenvalue weighted by molar-refractivity contribution is 7.89. The van der Waals surface area contributed by atoms with Crippen LogP contribution in [0.4, 0.5) is 5.69 Å². The number of likely N-dealkylation sites (N-methyl/N-ethyl adjacent to an activating group) is 1. The van der Waals surface area contributed by atoms with Crippen LogP contribution in [0.1, 0.15) is 5.56 Å². The molecule has 1 fully saturated rings. The van der Waals surface area contributed by atoms with Gasteiger partial charge in [0, 0.05) is 37.4 Å². The molecule has 1 N–H and O–H groups in total. The zero-order valence-electron chi connectivity index (χ0n) is 16.2. The fraction of sp³-hybridized carbons (Fsp3) is 0.350. The van der Waals surface area contributed by atoms with Crippen LogP contribution in [0, 0.1) is 0 Å². The Morgan fingerprint density at radius 1 is 1.10 bits per heavy atom. The topological polar surface area (TPSA) is 79.0 Å². The summed E-state index contributed by atoms with van der Waals surface area (Å²) in [6.07, 6.45) is 0. The van der Waals surface area contributed by atoms with E-state index < -0.39 is 10.0 Å². The molecule has 3 rings (SSSR count). The van der Waals surface area contributed by atoms with Gasteiger partial charge in [-0.2, -0.15) is 4.31 Å². The second kappa shape index (κ2) is 9.58. The number of hydrogen-bond donors (Lipinski definition) is 1. The van der Waals surface area contributed by atoms with Crippen molar-refractivity contribution in [2.24, 2.45) is 0 Å². The third kappa shape index (κ3) is 5.70. The number of nitrogens with one attached hydrogen (secondary N) is 1. The van der Waals surface area contributed by atoms with E-state index in [0.717, 1.165) is 41.9 Å². The summed E-state index contributed by atoms with van der Waals surface area (Å²) >= 11 is 5.80. The normalized spacial score (nSPS) is 14.8. The summed E-state index contributed by atoms with van der Waals surface area (Å²) in [4.78, 5) is 14.6. The maximum absolute atomic E-state index is 12.5. The molecule has 0 atom stereocenters. The Hall–Kier alpha value is -2.13. The van der Waals surface area contributed by atoms with Crippen LogP contribution in [-0.2, 0) is 26.1 Å². The van der Waals surface area contributed by atoms with Crippen molar-refractivity contribution < 1.29 is 17.9 Å². The number of hydrogen-bond acceptors (Lipinski definition) is 5. The summed E-state index contributed by atoms with van der Waals surface area (Å²) < 4.78 is 31.4. The second-order valence-electron chi connectivity index (χ2n) is 6.76. The average Bonchev–Trinajstić information content (AvgIpc) is 2.73. The summed E-state index contributed by atoms with van der Waals surface area (Å²) in [5.41, 5.74) is 2.07. The number of benzene rings is 2. The smallest absolute Gasteiger partial charge is 0.243 e. The van der Waals surface area contributed by atoms with Crippen LogP contribution < -0.4 is 10.2 Å². The zero-order valence-corrected chi connectivity index (χ0v) is 17.7. The number of morpholine rings is 1. The maximum Gasteiger partial charge on any atom is 0.243 e. The Bertz CT molecular complexity index is 927. The predicted molar refractivity (Wildman–Crippen MR) is 113 cm³/mol. The van der Waals surface area contributed by atoms with Crippen molar-refractivity contribution in [3.05, 3.63) is 59.1 Å². The van der Waals surface area contributed by atoms with Gasteiger partial charge in [-0.3, -0.25) is 4.79 Å². The van der Waals surface area contributed by atoms with E-state index in [1.54, 1.807) is 0 Å². The fourth-order valence-corrected chi connectivity index (χ4v) is 4.23. The van der Waals surface area contributed by atoms with Gasteiger partial charge in [-0.1, -0.05) is 23.7 Å². The monoisotopic (exact) mass is 437 g/mol. The van der Waals surface area contributed by atoms with Crippen LogP contribution in [0.15, 0.2) is 53.4 Å². The molecule has 0 bridgehead atoms. The predicted octanol–water partition coefficient (Wildman–Crippen LogP) is 2.11. The van der Waals surface area contributed by atoms with Crippen molar-refractivity contribution in [1.82, 2.24) is 9.62 Å². The molecule has 0 aromatic heterocycles. The highest BCUT2D eigenvalue weighted by Crippen LogP contribution is 2.18. The molecule has 0 saturated carbocycles. The summed E-state index contributed by atoms with van der Waals surface area (Å²) in [5.74, 6) is -0.373. The molecule has 0 aliphatic carbocycles. The molecule has 29 heavy (non-hydrogen) atoms. The Morgan fingerprint density at radius 3 is 2.34 bits per heavy atom. The van der Waals surface area contributed by atoms with Crippen molar-refractivity contribution >= 4 is 33.2 Å². The van der Waals surface area contributed by atoms with Crippen LogP contribution in [-0.4, -0.2) is 58.5 Å². The third-order valence-electron chi connectivity index (χ3n) is 4.69. The van der Waals surface area contributed by atoms with Gasteiger partial charge in [0.25, 0.3) is 0 Å². The van der Waals surface area contributed by atoms with E-state index in [2.05, 4.69) is 10.2 Å². The lowest BCUT2D eigenvalue weighted by molar-refractivity contribution is -0.121. The summed E-state index contributed by atoms with van der Waals surface area (Å²) in [5, 5.41) is 3.21. The first kappa shape index (κ1) is 21.6. The Labute approximate surface area is 176 Å². The van der Waals surface area contributed by atoms with Gasteiger partial charge in [0.2, 0.25) is 15.9 Å². The van der Waals surface area contributed by atoms with E-state index in [-0.39, 0.29) is 17.3 Å². The van der Waals surface area contributed by atoms with Crippen LogP contribution in [0.25, 0.3) is 0 Å². The lowest BCUT2D eigenvalue weighted by Crippen LogP contribution is -2.38. The standard InChI is InChI=1S/C20H24ClN3O4S/c1-23(29(26,27)19-8-4-17(21)5-9-19)15-20(25)22-14-16-2-6-18(7-3-16)24-10-12-28-13-11-24/h2-9H,10-15H2,1H3,(H,22,25). The molecule has 156 valence electrons. The average molecular weight is 438 g/mol. The third-order valence-corrected chi connectivity index (χ3v) is 6.76. The highest BCUT2D eigenvalue weighted by Gasteiger charge is 2.22. The van der Waals surface area contributed by atoms with Crippen molar-refractivity contribution in [1.29, 1.82) is 0 Å². The number of carbonyl (C=O) groups is 1. The van der Waals surface area contributed by atoms with E-state index in [4.69, 9.17) is 16.3 Å². The van der Waals surface area contributed by atoms with Gasteiger partial charge in [0.05, 0.1) is 24.7 Å². The number of ether oxygens (including phenoxy) is 1. The SMILES string of the molecule is CN(CC(=O)NCc1ccc(N2CCOCC2)cc1)S(=O)(=O)c1ccc(Cl)cc1. The van der Waals surface area contributed by atoms with Gasteiger partial charge in [-0.15, -0.1) is 0 Å². The Morgan fingerprint density at radius 2 is 1.72 bits per heavy atom. The van der Waals surface area contributed by atoms with Crippen molar-refractivity contribution in [2.75, 3.05) is 44.8 Å². The number of amides is 1. The van der Waals surface area contributed by atoms with Crippen molar-refractivity contribution in [3.63, 3.8) is 0 Å². The number of anilines is 1. The summed E-state index contributed by atoms with van der Waals surface area (Å²) in [6.45, 7) is 3.25. The van der Waals surface area contributed by atoms with E-state index in [9.17, 15) is 13.2 Å². The molecule has 2 aromatic rings. The molecule has 1 heterocycles. The van der Waals surface area contributed by atoms with E-state index in [1.165, 1.54) is 31.3 Å². The molecule has 1 amide bonds. The summed E-state index contributed by atoms with van der Waals surface area (Å²) in [6, 6.07) is 13.8. The van der Waals surface area contributed by atoms with Gasteiger partial charge in [-0.05, 0) is 42.0 Å². The first-order valence-electron chi connectivity index (χ1n) is 9.26. The van der Waals surface area contributed by atoms with Gasteiger partial charge in [0.15, 0.2) is 0 Å². The van der Waals surface area contributed by atoms with Gasteiger partial charge >= 0.3 is 0 Å². The first-order valence-corrected chi connectivity index (χ1v) is 11.1. The number of sulfonamides is 1. The van der Waals surface area contributed by atoms with Gasteiger partial charge in [-0.25, -0.2) is 8.42 Å². The van der Waals surface area contributed by atoms with E-state index in [0.29, 0.717) is 11.6 Å². The lowest BCUT2D eigenvalue weighted by Gasteiger charge is -2.28. The number of nitrogens with zero attached hydrogens (tertiary/aromatic N) is 2. The van der Waals surface area contributed by atoms with Crippen LogP contribution in [0.5, 0.6) is 0 Å².